The van der Waals surface area contributed by atoms with E-state index >= 15 is 0 Å². The lowest BCUT2D eigenvalue weighted by Gasteiger charge is -2.03. The predicted octanol–water partition coefficient (Wildman–Crippen LogP) is 3.31. The largest absolute Gasteiger partial charge is 0.462 e. The van der Waals surface area contributed by atoms with E-state index in [1.165, 1.54) is 0 Å². The van der Waals surface area contributed by atoms with Crippen LogP contribution in [-0.2, 0) is 9.53 Å². The van der Waals surface area contributed by atoms with E-state index < -0.39 is 5.97 Å². The van der Waals surface area contributed by atoms with Gasteiger partial charge in [0.05, 0.1) is 12.3 Å². The predicted molar refractivity (Wildman–Crippen MR) is 80.6 cm³/mol. The lowest BCUT2D eigenvalue weighted by molar-refractivity contribution is -0.134. The third-order valence-corrected chi connectivity index (χ3v) is 2.64. The lowest BCUT2D eigenvalue weighted by atomic mass is 10.1. The summed E-state index contributed by atoms with van der Waals surface area (Å²) in [5, 5.41) is 3.81. The highest BCUT2D eigenvalue weighted by atomic mass is 16.5. The molecule has 20 heavy (non-hydrogen) atoms. The van der Waals surface area contributed by atoms with Gasteiger partial charge in [-0.2, -0.15) is 5.10 Å². The van der Waals surface area contributed by atoms with E-state index in [1.54, 1.807) is 6.92 Å². The number of benzene rings is 2. The van der Waals surface area contributed by atoms with Crippen molar-refractivity contribution in [2.75, 3.05) is 12.0 Å². The number of hydrogen-bond acceptors (Lipinski definition) is 4. The molecule has 2 rings (SSSR count). The van der Waals surface area contributed by atoms with Crippen molar-refractivity contribution in [1.29, 1.82) is 0 Å². The average Bonchev–Trinajstić information content (AvgIpc) is 2.49. The average molecular weight is 268 g/mol. The highest BCUT2D eigenvalue weighted by molar-refractivity contribution is 6.23. The molecule has 0 radical (unpaired) electrons. The zero-order valence-electron chi connectivity index (χ0n) is 11.2. The third-order valence-electron chi connectivity index (χ3n) is 2.64. The minimum Gasteiger partial charge on any atom is -0.462 e. The smallest absolute Gasteiger partial charge is 0.351 e. The van der Waals surface area contributed by atoms with E-state index in [1.807, 2.05) is 42.5 Å². The summed E-state index contributed by atoms with van der Waals surface area (Å²) in [5.41, 5.74) is 5.88. The van der Waals surface area contributed by atoms with Crippen molar-refractivity contribution in [3.8, 4) is 11.1 Å². The molecule has 0 amide bonds. The molecule has 0 fully saturated rings. The summed E-state index contributed by atoms with van der Waals surface area (Å²) in [4.78, 5) is 11.1. The molecule has 0 aliphatic carbocycles. The molecule has 0 spiro atoms. The van der Waals surface area contributed by atoms with Crippen LogP contribution in [0.4, 0.5) is 5.69 Å². The van der Waals surface area contributed by atoms with Crippen molar-refractivity contribution in [2.45, 2.75) is 6.92 Å². The van der Waals surface area contributed by atoms with Gasteiger partial charge in [0.25, 0.3) is 0 Å². The molecule has 0 saturated carbocycles. The molecule has 2 aromatic carbocycles. The Hall–Kier alpha value is -2.62. The first-order valence-corrected chi connectivity index (χ1v) is 6.41. The maximum atomic E-state index is 11.1. The molecule has 0 saturated heterocycles. The summed E-state index contributed by atoms with van der Waals surface area (Å²) in [7, 11) is 0. The Morgan fingerprint density at radius 1 is 1.10 bits per heavy atom. The molecule has 0 aliphatic heterocycles. The first-order valence-electron chi connectivity index (χ1n) is 6.41. The standard InChI is InChI=1S/C16H16N2O2/c1-2-20-16(19)12-17-18-15-10-8-14(9-11-15)13-6-4-3-5-7-13/h3-12,18H,2H2,1H3/b17-12+. The van der Waals surface area contributed by atoms with Crippen molar-refractivity contribution < 1.29 is 9.53 Å². The fraction of sp³-hybridized carbons (Fsp3) is 0.125. The number of hydrogen-bond donors (Lipinski definition) is 1. The van der Waals surface area contributed by atoms with Crippen LogP contribution < -0.4 is 5.43 Å². The number of carbonyl (C=O) groups excluding carboxylic acids is 1. The monoisotopic (exact) mass is 268 g/mol. The molecule has 4 heteroatoms. The summed E-state index contributed by atoms with van der Waals surface area (Å²) >= 11 is 0. The first kappa shape index (κ1) is 13.8. The number of nitrogens with zero attached hydrogens (tertiary/aromatic N) is 1. The van der Waals surface area contributed by atoms with Crippen LogP contribution in [-0.4, -0.2) is 18.8 Å². The normalized spacial score (nSPS) is 10.4. The Labute approximate surface area is 118 Å². The van der Waals surface area contributed by atoms with E-state index in [0.29, 0.717) is 6.61 Å². The van der Waals surface area contributed by atoms with Gasteiger partial charge >= 0.3 is 5.97 Å². The Morgan fingerprint density at radius 2 is 1.75 bits per heavy atom. The molecule has 0 unspecified atom stereocenters. The number of esters is 1. The maximum Gasteiger partial charge on any atom is 0.351 e. The molecular formula is C16H16N2O2. The second kappa shape index (κ2) is 7.09. The van der Waals surface area contributed by atoms with Crippen molar-refractivity contribution in [3.63, 3.8) is 0 Å². The molecule has 0 bridgehead atoms. The summed E-state index contributed by atoms with van der Waals surface area (Å²) in [6, 6.07) is 17.9. The fourth-order valence-electron chi connectivity index (χ4n) is 1.71. The zero-order valence-corrected chi connectivity index (χ0v) is 11.2. The van der Waals surface area contributed by atoms with Crippen LogP contribution in [0.15, 0.2) is 59.7 Å². The van der Waals surface area contributed by atoms with E-state index in [2.05, 4.69) is 22.7 Å². The second-order valence-corrected chi connectivity index (χ2v) is 4.07. The Bertz CT molecular complexity index is 577. The molecule has 0 atom stereocenters. The number of ether oxygens (including phenoxy) is 1. The van der Waals surface area contributed by atoms with E-state index in [0.717, 1.165) is 23.0 Å². The van der Waals surface area contributed by atoms with Gasteiger partial charge in [0.15, 0.2) is 0 Å². The Kier molecular flexibility index (Phi) is 4.89. The van der Waals surface area contributed by atoms with Gasteiger partial charge in [-0.3, -0.25) is 5.43 Å². The Balaban J connectivity index is 1.97. The van der Waals surface area contributed by atoms with Gasteiger partial charge in [0, 0.05) is 0 Å². The number of anilines is 1. The van der Waals surface area contributed by atoms with Crippen LogP contribution in [0.2, 0.25) is 0 Å². The molecule has 0 aromatic heterocycles. The minimum atomic E-state index is -0.457. The van der Waals surface area contributed by atoms with Crippen molar-refractivity contribution in [3.05, 3.63) is 54.6 Å². The van der Waals surface area contributed by atoms with Crippen molar-refractivity contribution >= 4 is 17.9 Å². The Morgan fingerprint density at radius 3 is 2.40 bits per heavy atom. The maximum absolute atomic E-state index is 11.1. The van der Waals surface area contributed by atoms with Gasteiger partial charge in [-0.15, -0.1) is 0 Å². The quantitative estimate of drug-likeness (QED) is 0.514. The van der Waals surface area contributed by atoms with Crippen LogP contribution in [0.5, 0.6) is 0 Å². The van der Waals surface area contributed by atoms with Gasteiger partial charge in [0.2, 0.25) is 0 Å². The fourth-order valence-corrected chi connectivity index (χ4v) is 1.71. The second-order valence-electron chi connectivity index (χ2n) is 4.07. The summed E-state index contributed by atoms with van der Waals surface area (Å²) in [6.45, 7) is 2.10. The third kappa shape index (κ3) is 3.95. The van der Waals surface area contributed by atoms with Crippen molar-refractivity contribution in [1.82, 2.24) is 0 Å². The molecule has 1 N–H and O–H groups in total. The minimum absolute atomic E-state index is 0.344. The molecular weight excluding hydrogens is 252 g/mol. The van der Waals surface area contributed by atoms with Crippen molar-refractivity contribution in [2.24, 2.45) is 5.10 Å². The number of nitrogens with one attached hydrogen (secondary N) is 1. The topological polar surface area (TPSA) is 50.7 Å². The number of hydrazone groups is 1. The SMILES string of the molecule is CCOC(=O)/C=N/Nc1ccc(-c2ccccc2)cc1. The van der Waals surface area contributed by atoms with Crippen LogP contribution >= 0.6 is 0 Å². The summed E-state index contributed by atoms with van der Waals surface area (Å²) in [5.74, 6) is -0.457. The number of carbonyl (C=O) groups is 1. The van der Waals surface area contributed by atoms with Crippen LogP contribution in [0.3, 0.4) is 0 Å². The van der Waals surface area contributed by atoms with E-state index in [4.69, 9.17) is 4.74 Å². The molecule has 4 nitrogen and oxygen atoms in total. The van der Waals surface area contributed by atoms with Crippen LogP contribution in [0, 0.1) is 0 Å². The summed E-state index contributed by atoms with van der Waals surface area (Å²) in [6.07, 6.45) is 1.12. The van der Waals surface area contributed by atoms with Gasteiger partial charge in [-0.1, -0.05) is 42.5 Å². The molecule has 102 valence electrons. The van der Waals surface area contributed by atoms with Gasteiger partial charge in [-0.25, -0.2) is 4.79 Å². The van der Waals surface area contributed by atoms with Crippen LogP contribution in [0.25, 0.3) is 11.1 Å². The van der Waals surface area contributed by atoms with Crippen LogP contribution in [0.1, 0.15) is 6.92 Å². The highest BCUT2D eigenvalue weighted by Gasteiger charge is 1.97. The lowest BCUT2D eigenvalue weighted by Crippen LogP contribution is -2.06. The van der Waals surface area contributed by atoms with E-state index in [9.17, 15) is 4.79 Å². The molecule has 0 aliphatic rings. The van der Waals surface area contributed by atoms with E-state index in [-0.39, 0.29) is 0 Å². The number of rotatable bonds is 5. The highest BCUT2D eigenvalue weighted by Crippen LogP contribution is 2.20. The molecule has 0 heterocycles. The van der Waals surface area contributed by atoms with Gasteiger partial charge < -0.3 is 4.74 Å². The van der Waals surface area contributed by atoms with Gasteiger partial charge in [-0.05, 0) is 30.2 Å². The van der Waals surface area contributed by atoms with Gasteiger partial charge in [0.1, 0.15) is 6.21 Å². The summed E-state index contributed by atoms with van der Waals surface area (Å²) < 4.78 is 4.73. The first-order chi connectivity index (χ1) is 9.79. The zero-order chi connectivity index (χ0) is 14.2. The molecule has 2 aromatic rings.